The van der Waals surface area contributed by atoms with E-state index in [0.29, 0.717) is 35.3 Å². The van der Waals surface area contributed by atoms with Gasteiger partial charge in [0.25, 0.3) is 5.91 Å². The van der Waals surface area contributed by atoms with Gasteiger partial charge in [0.05, 0.1) is 24.1 Å². The second-order valence-electron chi connectivity index (χ2n) is 9.04. The van der Waals surface area contributed by atoms with Gasteiger partial charge in [-0.05, 0) is 79.2 Å². The lowest BCUT2D eigenvalue weighted by molar-refractivity contribution is 0.0696. The molecule has 0 aliphatic carbocycles. The van der Waals surface area contributed by atoms with Gasteiger partial charge in [0.2, 0.25) is 0 Å². The molecular weight excluding hydrogens is 482 g/mol. The standard InChI is InChI=1S/C30H27N3O5/c34-29(22-6-13-27(14-7-22)38-26-4-2-1-3-5-26)32-24-10-15-28(31-18-24)33-17-16-21(19-33)20-37-25-11-8-23(9-12-25)30(35)36/h1-15,18,21H,16-17,19-20H2,(H,32,34)(H,35,36)/t21-/m1/s1. The zero-order valence-electron chi connectivity index (χ0n) is 20.6. The summed E-state index contributed by atoms with van der Waals surface area (Å²) in [4.78, 5) is 30.4. The number of carbonyl (C=O) groups excluding carboxylic acids is 1. The van der Waals surface area contributed by atoms with Gasteiger partial charge in [0.15, 0.2) is 0 Å². The molecule has 2 N–H and O–H groups in total. The summed E-state index contributed by atoms with van der Waals surface area (Å²) in [6.07, 6.45) is 2.63. The number of nitrogens with zero attached hydrogens (tertiary/aromatic N) is 2. The number of hydrogen-bond acceptors (Lipinski definition) is 6. The van der Waals surface area contributed by atoms with Crippen LogP contribution in [-0.4, -0.2) is 41.7 Å². The fourth-order valence-electron chi connectivity index (χ4n) is 4.23. The molecule has 1 amide bonds. The van der Waals surface area contributed by atoms with Gasteiger partial charge in [-0.2, -0.15) is 0 Å². The van der Waals surface area contributed by atoms with Crippen molar-refractivity contribution in [3.05, 3.63) is 108 Å². The van der Waals surface area contributed by atoms with Gasteiger partial charge in [0, 0.05) is 24.6 Å². The maximum atomic E-state index is 12.7. The molecule has 1 aliphatic rings. The van der Waals surface area contributed by atoms with Crippen LogP contribution in [0.25, 0.3) is 0 Å². The Balaban J connectivity index is 1.10. The summed E-state index contributed by atoms with van der Waals surface area (Å²) in [6.45, 7) is 2.22. The number of carboxylic acids is 1. The first kappa shape index (κ1) is 24.8. The quantitative estimate of drug-likeness (QED) is 0.297. The normalized spacial score (nSPS) is 14.6. The van der Waals surface area contributed by atoms with Crippen molar-refractivity contribution in [1.29, 1.82) is 0 Å². The predicted octanol–water partition coefficient (Wildman–Crippen LogP) is 5.73. The molecule has 4 aromatic rings. The van der Waals surface area contributed by atoms with E-state index < -0.39 is 5.97 Å². The molecule has 8 heteroatoms. The Kier molecular flexibility index (Phi) is 7.49. The van der Waals surface area contributed by atoms with Gasteiger partial charge < -0.3 is 24.8 Å². The number of pyridine rings is 1. The molecule has 0 bridgehead atoms. The topological polar surface area (TPSA) is 101 Å². The lowest BCUT2D eigenvalue weighted by Crippen LogP contribution is -2.22. The maximum Gasteiger partial charge on any atom is 0.335 e. The van der Waals surface area contributed by atoms with Crippen LogP contribution in [0.2, 0.25) is 0 Å². The molecule has 192 valence electrons. The molecule has 1 aromatic heterocycles. The number of nitrogens with one attached hydrogen (secondary N) is 1. The molecule has 1 fully saturated rings. The van der Waals surface area contributed by atoms with Crippen LogP contribution in [0.3, 0.4) is 0 Å². The van der Waals surface area contributed by atoms with E-state index in [-0.39, 0.29) is 11.5 Å². The fraction of sp³-hybridized carbons (Fsp3) is 0.167. The first-order valence-corrected chi connectivity index (χ1v) is 12.3. The van der Waals surface area contributed by atoms with Crippen LogP contribution in [0.5, 0.6) is 17.2 Å². The number of hydrogen-bond donors (Lipinski definition) is 2. The predicted molar refractivity (Wildman–Crippen MR) is 144 cm³/mol. The van der Waals surface area contributed by atoms with Crippen LogP contribution in [-0.2, 0) is 0 Å². The van der Waals surface area contributed by atoms with Crippen molar-refractivity contribution in [1.82, 2.24) is 4.98 Å². The van der Waals surface area contributed by atoms with Crippen LogP contribution in [0.4, 0.5) is 11.5 Å². The van der Waals surface area contributed by atoms with E-state index >= 15 is 0 Å². The summed E-state index contributed by atoms with van der Waals surface area (Å²) in [5.74, 6) is 2.06. The van der Waals surface area contributed by atoms with Crippen LogP contribution in [0.15, 0.2) is 97.2 Å². The summed E-state index contributed by atoms with van der Waals surface area (Å²) in [5, 5.41) is 11.9. The second kappa shape index (κ2) is 11.5. The Morgan fingerprint density at radius 2 is 1.55 bits per heavy atom. The van der Waals surface area contributed by atoms with Crippen molar-refractivity contribution in [3.63, 3.8) is 0 Å². The third kappa shape index (κ3) is 6.28. The summed E-state index contributed by atoms with van der Waals surface area (Å²) < 4.78 is 11.6. The number of amides is 1. The summed E-state index contributed by atoms with van der Waals surface area (Å²) in [5.41, 5.74) is 1.38. The zero-order chi connectivity index (χ0) is 26.3. The van der Waals surface area contributed by atoms with Crippen LogP contribution < -0.4 is 19.7 Å². The Labute approximate surface area is 220 Å². The van der Waals surface area contributed by atoms with Crippen molar-refractivity contribution < 1.29 is 24.2 Å². The van der Waals surface area contributed by atoms with Crippen molar-refractivity contribution in [2.75, 3.05) is 29.9 Å². The molecule has 38 heavy (non-hydrogen) atoms. The minimum Gasteiger partial charge on any atom is -0.493 e. The number of carboxylic acid groups (broad SMARTS) is 1. The van der Waals surface area contributed by atoms with E-state index in [2.05, 4.69) is 15.2 Å². The molecule has 2 heterocycles. The molecule has 0 saturated carbocycles. The number of aromatic carboxylic acids is 1. The van der Waals surface area contributed by atoms with Crippen LogP contribution in [0, 0.1) is 5.92 Å². The number of benzene rings is 3. The Bertz CT molecular complexity index is 1370. The van der Waals surface area contributed by atoms with Crippen molar-refractivity contribution in [2.45, 2.75) is 6.42 Å². The minimum atomic E-state index is -0.954. The minimum absolute atomic E-state index is 0.222. The SMILES string of the molecule is O=C(O)c1ccc(OC[C@@H]2CCN(c3ccc(NC(=O)c4ccc(Oc5ccccc5)cc4)cn3)C2)cc1. The number of para-hydroxylation sites is 1. The lowest BCUT2D eigenvalue weighted by atomic mass is 10.1. The molecule has 5 rings (SSSR count). The highest BCUT2D eigenvalue weighted by molar-refractivity contribution is 6.04. The highest BCUT2D eigenvalue weighted by Gasteiger charge is 2.24. The third-order valence-electron chi connectivity index (χ3n) is 6.30. The van der Waals surface area contributed by atoms with Crippen LogP contribution >= 0.6 is 0 Å². The van der Waals surface area contributed by atoms with E-state index in [1.165, 1.54) is 0 Å². The summed E-state index contributed by atoms with van der Waals surface area (Å²) in [6, 6.07) is 26.6. The maximum absolute atomic E-state index is 12.7. The largest absolute Gasteiger partial charge is 0.493 e. The van der Waals surface area contributed by atoms with Gasteiger partial charge >= 0.3 is 5.97 Å². The number of ether oxygens (including phenoxy) is 2. The van der Waals surface area contributed by atoms with Gasteiger partial charge in [-0.1, -0.05) is 18.2 Å². The first-order valence-electron chi connectivity index (χ1n) is 12.3. The molecular formula is C30H27N3O5. The molecule has 3 aromatic carbocycles. The molecule has 0 radical (unpaired) electrons. The van der Waals surface area contributed by atoms with Gasteiger partial charge in [0.1, 0.15) is 23.1 Å². The number of rotatable bonds is 9. The van der Waals surface area contributed by atoms with Gasteiger partial charge in [-0.15, -0.1) is 0 Å². The Hall–Kier alpha value is -4.85. The number of carbonyl (C=O) groups is 2. The summed E-state index contributed by atoms with van der Waals surface area (Å²) in [7, 11) is 0. The average Bonchev–Trinajstić information content (AvgIpc) is 3.43. The average molecular weight is 510 g/mol. The third-order valence-corrected chi connectivity index (χ3v) is 6.30. The molecule has 0 spiro atoms. The van der Waals surface area contributed by atoms with E-state index in [4.69, 9.17) is 14.6 Å². The monoisotopic (exact) mass is 509 g/mol. The molecule has 0 unspecified atom stereocenters. The molecule has 1 atom stereocenters. The molecule has 1 aliphatic heterocycles. The van der Waals surface area contributed by atoms with E-state index in [1.54, 1.807) is 54.7 Å². The highest BCUT2D eigenvalue weighted by Crippen LogP contribution is 2.25. The Morgan fingerprint density at radius 3 is 2.24 bits per heavy atom. The summed E-state index contributed by atoms with van der Waals surface area (Å²) >= 11 is 0. The second-order valence-corrected chi connectivity index (χ2v) is 9.04. The lowest BCUT2D eigenvalue weighted by Gasteiger charge is -2.18. The number of anilines is 2. The van der Waals surface area contributed by atoms with Gasteiger partial charge in [-0.3, -0.25) is 4.79 Å². The zero-order valence-corrected chi connectivity index (χ0v) is 20.6. The Morgan fingerprint density at radius 1 is 0.868 bits per heavy atom. The van der Waals surface area contributed by atoms with Gasteiger partial charge in [-0.25, -0.2) is 9.78 Å². The van der Waals surface area contributed by atoms with Crippen LogP contribution in [0.1, 0.15) is 27.1 Å². The van der Waals surface area contributed by atoms with E-state index in [1.807, 2.05) is 42.5 Å². The number of aromatic nitrogens is 1. The fourth-order valence-corrected chi connectivity index (χ4v) is 4.23. The van der Waals surface area contributed by atoms with E-state index in [0.717, 1.165) is 31.1 Å². The first-order chi connectivity index (χ1) is 18.5. The van der Waals surface area contributed by atoms with Crippen molar-refractivity contribution in [3.8, 4) is 17.2 Å². The molecule has 8 nitrogen and oxygen atoms in total. The van der Waals surface area contributed by atoms with E-state index in [9.17, 15) is 9.59 Å². The smallest absolute Gasteiger partial charge is 0.335 e. The highest BCUT2D eigenvalue weighted by atomic mass is 16.5. The van der Waals surface area contributed by atoms with Crippen molar-refractivity contribution in [2.24, 2.45) is 5.92 Å². The van der Waals surface area contributed by atoms with Crippen molar-refractivity contribution >= 4 is 23.4 Å². The molecule has 1 saturated heterocycles.